The summed E-state index contributed by atoms with van der Waals surface area (Å²) in [5.41, 5.74) is 2.60. The van der Waals surface area contributed by atoms with Crippen molar-refractivity contribution in [2.45, 2.75) is 19.0 Å². The van der Waals surface area contributed by atoms with E-state index < -0.39 is 0 Å². The predicted octanol–water partition coefficient (Wildman–Crippen LogP) is 5.08. The number of thiophene rings is 1. The number of benzene rings is 2. The molecule has 5 heteroatoms. The number of hydrogen-bond donors (Lipinski definition) is 0. The lowest BCUT2D eigenvalue weighted by atomic mass is 10.0. The van der Waals surface area contributed by atoms with Crippen LogP contribution in [0.15, 0.2) is 76.6 Å². The number of piperazine rings is 1. The predicted molar refractivity (Wildman–Crippen MR) is 119 cm³/mol. The van der Waals surface area contributed by atoms with Crippen molar-refractivity contribution in [2.75, 3.05) is 19.6 Å². The molecular formula is C23H23BrN2OS. The Balaban J connectivity index is 1.53. The van der Waals surface area contributed by atoms with E-state index in [4.69, 9.17) is 0 Å². The number of carbonyl (C=O) groups is 1. The first-order valence-corrected chi connectivity index (χ1v) is 11.2. The normalized spacial score (nSPS) is 17.6. The van der Waals surface area contributed by atoms with Gasteiger partial charge in [-0.15, -0.1) is 11.3 Å². The second-order valence-electron chi connectivity index (χ2n) is 7.16. The van der Waals surface area contributed by atoms with E-state index >= 15 is 0 Å². The van der Waals surface area contributed by atoms with Gasteiger partial charge in [0.25, 0.3) is 5.91 Å². The third-order valence-electron chi connectivity index (χ3n) is 5.20. The van der Waals surface area contributed by atoms with Crippen LogP contribution in [0.3, 0.4) is 0 Å². The average molecular weight is 455 g/mol. The molecule has 1 aromatic heterocycles. The first kappa shape index (κ1) is 19.4. The topological polar surface area (TPSA) is 23.6 Å². The zero-order valence-electron chi connectivity index (χ0n) is 15.6. The van der Waals surface area contributed by atoms with Gasteiger partial charge in [-0.25, -0.2) is 0 Å². The summed E-state index contributed by atoms with van der Waals surface area (Å²) >= 11 is 5.04. The van der Waals surface area contributed by atoms with E-state index in [-0.39, 0.29) is 11.9 Å². The molecule has 28 heavy (non-hydrogen) atoms. The molecule has 3 nitrogen and oxygen atoms in total. The largest absolute Gasteiger partial charge is 0.332 e. The Bertz CT molecular complexity index is 913. The fraction of sp³-hybridized carbons (Fsp3) is 0.261. The summed E-state index contributed by atoms with van der Waals surface area (Å²) in [5, 5.41) is 1.97. The second kappa shape index (κ2) is 9.03. The molecule has 2 heterocycles. The molecule has 4 rings (SSSR count). The lowest BCUT2D eigenvalue weighted by Crippen LogP contribution is -2.55. The van der Waals surface area contributed by atoms with Gasteiger partial charge in [0, 0.05) is 36.7 Å². The number of carbonyl (C=O) groups excluding carboxylic acids is 1. The summed E-state index contributed by atoms with van der Waals surface area (Å²) in [6.07, 6.45) is 0.876. The molecule has 2 aromatic carbocycles. The van der Waals surface area contributed by atoms with E-state index in [0.717, 1.165) is 41.9 Å². The Kier molecular flexibility index (Phi) is 6.25. The minimum Gasteiger partial charge on any atom is -0.332 e. The van der Waals surface area contributed by atoms with E-state index in [1.165, 1.54) is 22.5 Å². The van der Waals surface area contributed by atoms with Gasteiger partial charge in [0.05, 0.1) is 0 Å². The third-order valence-corrected chi connectivity index (χ3v) is 7.03. The van der Waals surface area contributed by atoms with E-state index in [2.05, 4.69) is 80.3 Å². The van der Waals surface area contributed by atoms with Gasteiger partial charge >= 0.3 is 0 Å². The van der Waals surface area contributed by atoms with E-state index in [1.807, 2.05) is 17.5 Å². The van der Waals surface area contributed by atoms with Gasteiger partial charge < -0.3 is 4.90 Å². The molecule has 0 N–H and O–H groups in total. The van der Waals surface area contributed by atoms with Crippen molar-refractivity contribution >= 4 is 33.2 Å². The van der Waals surface area contributed by atoms with Crippen molar-refractivity contribution in [3.8, 4) is 0 Å². The van der Waals surface area contributed by atoms with Crippen molar-refractivity contribution in [1.82, 2.24) is 9.80 Å². The maximum Gasteiger partial charge on any atom is 0.265 e. The van der Waals surface area contributed by atoms with E-state index in [1.54, 1.807) is 0 Å². The Morgan fingerprint density at radius 1 is 0.964 bits per heavy atom. The molecule has 1 amide bonds. The highest BCUT2D eigenvalue weighted by molar-refractivity contribution is 9.10. The third kappa shape index (κ3) is 4.54. The number of amides is 1. The van der Waals surface area contributed by atoms with E-state index in [0.29, 0.717) is 0 Å². The van der Waals surface area contributed by atoms with Gasteiger partial charge in [-0.05, 0) is 44.9 Å². The summed E-state index contributed by atoms with van der Waals surface area (Å²) in [7, 11) is 0. The Morgan fingerprint density at radius 2 is 1.64 bits per heavy atom. The number of hydrogen-bond acceptors (Lipinski definition) is 3. The summed E-state index contributed by atoms with van der Waals surface area (Å²) in [6, 6.07) is 23.2. The number of rotatable bonds is 5. The van der Waals surface area contributed by atoms with Crippen molar-refractivity contribution in [2.24, 2.45) is 0 Å². The van der Waals surface area contributed by atoms with Crippen LogP contribution < -0.4 is 0 Å². The van der Waals surface area contributed by atoms with Crippen LogP contribution in [0.1, 0.15) is 20.8 Å². The summed E-state index contributed by atoms with van der Waals surface area (Å²) in [6.45, 7) is 3.47. The molecule has 0 spiro atoms. The minimum absolute atomic E-state index is 0.141. The standard InChI is InChI=1S/C23H23BrN2OS/c24-21-11-14-28-22(21)23(27)26-13-12-25(16-19-9-5-2-6-10-19)17-20(26)15-18-7-3-1-4-8-18/h1-11,14,20H,12-13,15-17H2/t20-/m1/s1. The lowest BCUT2D eigenvalue weighted by Gasteiger charge is -2.41. The van der Waals surface area contributed by atoms with Gasteiger partial charge in [0.1, 0.15) is 4.88 Å². The molecule has 0 unspecified atom stereocenters. The van der Waals surface area contributed by atoms with Crippen LogP contribution in [-0.4, -0.2) is 41.4 Å². The van der Waals surface area contributed by atoms with Crippen LogP contribution in [0.2, 0.25) is 0 Å². The highest BCUT2D eigenvalue weighted by Gasteiger charge is 2.32. The maximum absolute atomic E-state index is 13.2. The number of halogens is 1. The molecule has 1 saturated heterocycles. The average Bonchev–Trinajstić information content (AvgIpc) is 3.15. The van der Waals surface area contributed by atoms with Crippen LogP contribution in [0.4, 0.5) is 0 Å². The molecule has 1 aliphatic rings. The fourth-order valence-electron chi connectivity index (χ4n) is 3.81. The van der Waals surface area contributed by atoms with Crippen LogP contribution in [-0.2, 0) is 13.0 Å². The van der Waals surface area contributed by atoms with Crippen molar-refractivity contribution < 1.29 is 4.79 Å². The van der Waals surface area contributed by atoms with Gasteiger partial charge in [-0.1, -0.05) is 60.7 Å². The molecule has 3 aromatic rings. The van der Waals surface area contributed by atoms with E-state index in [9.17, 15) is 4.79 Å². The highest BCUT2D eigenvalue weighted by atomic mass is 79.9. The van der Waals surface area contributed by atoms with Crippen LogP contribution in [0.25, 0.3) is 0 Å². The van der Waals surface area contributed by atoms with Crippen LogP contribution in [0, 0.1) is 0 Å². The molecular weight excluding hydrogens is 432 g/mol. The van der Waals surface area contributed by atoms with Crippen LogP contribution in [0.5, 0.6) is 0 Å². The summed E-state index contributed by atoms with van der Waals surface area (Å²) in [4.78, 5) is 18.6. The lowest BCUT2D eigenvalue weighted by molar-refractivity contribution is 0.0442. The van der Waals surface area contributed by atoms with Crippen molar-refractivity contribution in [3.05, 3.63) is 92.6 Å². The molecule has 0 bridgehead atoms. The van der Waals surface area contributed by atoms with Gasteiger partial charge in [0.15, 0.2) is 0 Å². The SMILES string of the molecule is O=C(c1sccc1Br)N1CCN(Cc2ccccc2)C[C@H]1Cc1ccccc1. The summed E-state index contributed by atoms with van der Waals surface area (Å²) < 4.78 is 0.896. The molecule has 144 valence electrons. The zero-order chi connectivity index (χ0) is 19.3. The van der Waals surface area contributed by atoms with Gasteiger partial charge in [-0.3, -0.25) is 9.69 Å². The number of nitrogens with zero attached hydrogens (tertiary/aromatic N) is 2. The Labute approximate surface area is 178 Å². The highest BCUT2D eigenvalue weighted by Crippen LogP contribution is 2.27. The zero-order valence-corrected chi connectivity index (χ0v) is 18.0. The van der Waals surface area contributed by atoms with Crippen LogP contribution >= 0.6 is 27.3 Å². The molecule has 0 radical (unpaired) electrons. The Morgan fingerprint density at radius 3 is 2.29 bits per heavy atom. The quantitative estimate of drug-likeness (QED) is 0.536. The monoisotopic (exact) mass is 454 g/mol. The Hall–Kier alpha value is -1.95. The molecule has 0 aliphatic carbocycles. The van der Waals surface area contributed by atoms with Crippen molar-refractivity contribution in [1.29, 1.82) is 0 Å². The second-order valence-corrected chi connectivity index (χ2v) is 8.93. The summed E-state index contributed by atoms with van der Waals surface area (Å²) in [5.74, 6) is 0.141. The molecule has 0 saturated carbocycles. The first-order valence-electron chi connectivity index (χ1n) is 9.55. The molecule has 1 fully saturated rings. The minimum atomic E-state index is 0.141. The maximum atomic E-state index is 13.2. The van der Waals surface area contributed by atoms with Gasteiger partial charge in [-0.2, -0.15) is 0 Å². The smallest absolute Gasteiger partial charge is 0.265 e. The molecule has 1 atom stereocenters. The van der Waals surface area contributed by atoms with Gasteiger partial charge in [0.2, 0.25) is 0 Å². The molecule has 1 aliphatic heterocycles. The first-order chi connectivity index (χ1) is 13.7. The van der Waals surface area contributed by atoms with Crippen molar-refractivity contribution in [3.63, 3.8) is 0 Å². The fourth-order valence-corrected chi connectivity index (χ4v) is 5.31.